The lowest BCUT2D eigenvalue weighted by Gasteiger charge is -2.11. The van der Waals surface area contributed by atoms with Crippen molar-refractivity contribution in [3.63, 3.8) is 0 Å². The van der Waals surface area contributed by atoms with Crippen LogP contribution in [0, 0.1) is 17.0 Å². The molecule has 0 aromatic heterocycles. The molecule has 0 aliphatic carbocycles. The second-order valence-corrected chi connectivity index (χ2v) is 6.15. The number of hydrogen-bond acceptors (Lipinski definition) is 3. The molecule has 0 bridgehead atoms. The Morgan fingerprint density at radius 1 is 1.24 bits per heavy atom. The summed E-state index contributed by atoms with van der Waals surface area (Å²) in [6.07, 6.45) is 0. The Balaban J connectivity index is 2.18. The van der Waals surface area contributed by atoms with E-state index in [1.165, 1.54) is 6.07 Å². The Hall–Kier alpha value is -1.30. The van der Waals surface area contributed by atoms with E-state index in [4.69, 9.17) is 23.2 Å². The number of nitrogens with one attached hydrogen (secondary N) is 1. The number of nitro benzene ring substituents is 1. The zero-order valence-corrected chi connectivity index (χ0v) is 14.1. The van der Waals surface area contributed by atoms with E-state index in [1.807, 2.05) is 18.2 Å². The minimum Gasteiger partial charge on any atom is -0.381 e. The van der Waals surface area contributed by atoms with Gasteiger partial charge >= 0.3 is 0 Å². The lowest BCUT2D eigenvalue weighted by molar-refractivity contribution is -0.384. The smallest absolute Gasteiger partial charge is 0.288 e. The number of benzene rings is 2. The van der Waals surface area contributed by atoms with Gasteiger partial charge < -0.3 is 5.32 Å². The van der Waals surface area contributed by atoms with Gasteiger partial charge in [-0.2, -0.15) is 0 Å². The van der Waals surface area contributed by atoms with Gasteiger partial charge in [-0.15, -0.1) is 0 Å². The van der Waals surface area contributed by atoms with E-state index >= 15 is 0 Å². The number of rotatable bonds is 4. The lowest BCUT2D eigenvalue weighted by atomic mass is 10.1. The van der Waals surface area contributed by atoms with Crippen molar-refractivity contribution >= 4 is 50.5 Å². The molecule has 7 heteroatoms. The van der Waals surface area contributed by atoms with Crippen molar-refractivity contribution in [3.8, 4) is 0 Å². The van der Waals surface area contributed by atoms with Gasteiger partial charge in [0.05, 0.1) is 9.95 Å². The number of aryl methyl sites for hydroxylation is 1. The van der Waals surface area contributed by atoms with Gasteiger partial charge in [0.25, 0.3) is 5.69 Å². The monoisotopic (exact) mass is 388 g/mol. The van der Waals surface area contributed by atoms with Crippen molar-refractivity contribution in [1.82, 2.24) is 0 Å². The summed E-state index contributed by atoms with van der Waals surface area (Å²) in [5, 5.41) is 14.8. The van der Waals surface area contributed by atoms with Crippen LogP contribution in [0.4, 0.5) is 11.4 Å². The highest BCUT2D eigenvalue weighted by atomic mass is 79.9. The summed E-state index contributed by atoms with van der Waals surface area (Å²) >= 11 is 15.3. The van der Waals surface area contributed by atoms with E-state index in [0.717, 1.165) is 21.3 Å². The molecule has 0 heterocycles. The highest BCUT2D eigenvalue weighted by Gasteiger charge is 2.14. The van der Waals surface area contributed by atoms with Gasteiger partial charge in [-0.1, -0.05) is 29.3 Å². The molecule has 2 rings (SSSR count). The minimum absolute atomic E-state index is 0.0913. The first-order chi connectivity index (χ1) is 9.88. The number of nitrogens with zero attached hydrogens (tertiary/aromatic N) is 1. The fourth-order valence-corrected chi connectivity index (χ4v) is 2.53. The van der Waals surface area contributed by atoms with E-state index in [2.05, 4.69) is 21.2 Å². The maximum Gasteiger partial charge on any atom is 0.288 e. The summed E-state index contributed by atoms with van der Waals surface area (Å²) < 4.78 is 0.836. The molecule has 0 aliphatic rings. The molecule has 4 nitrogen and oxygen atoms in total. The topological polar surface area (TPSA) is 55.2 Å². The maximum atomic E-state index is 10.8. The van der Waals surface area contributed by atoms with Gasteiger partial charge in [0, 0.05) is 22.8 Å². The molecular formula is C14H11BrCl2N2O2. The van der Waals surface area contributed by atoms with E-state index in [9.17, 15) is 10.1 Å². The summed E-state index contributed by atoms with van der Waals surface area (Å²) in [6, 6.07) is 8.68. The molecule has 21 heavy (non-hydrogen) atoms. The number of hydrogen-bond donors (Lipinski definition) is 1. The van der Waals surface area contributed by atoms with E-state index in [0.29, 0.717) is 11.6 Å². The number of halogens is 3. The molecule has 0 atom stereocenters. The first-order valence-electron chi connectivity index (χ1n) is 6.01. The van der Waals surface area contributed by atoms with Crippen LogP contribution in [-0.4, -0.2) is 4.92 Å². The summed E-state index contributed by atoms with van der Waals surface area (Å²) in [5.41, 5.74) is 2.42. The van der Waals surface area contributed by atoms with Gasteiger partial charge in [0.15, 0.2) is 0 Å². The first-order valence-corrected chi connectivity index (χ1v) is 7.55. The highest BCUT2D eigenvalue weighted by molar-refractivity contribution is 9.10. The van der Waals surface area contributed by atoms with Crippen molar-refractivity contribution < 1.29 is 4.92 Å². The Kier molecular flexibility index (Phi) is 5.08. The van der Waals surface area contributed by atoms with Gasteiger partial charge in [0.2, 0.25) is 0 Å². The van der Waals surface area contributed by atoms with Crippen molar-refractivity contribution in [2.75, 3.05) is 5.32 Å². The van der Waals surface area contributed by atoms with Crippen LogP contribution in [-0.2, 0) is 6.54 Å². The van der Waals surface area contributed by atoms with E-state index in [1.54, 1.807) is 13.0 Å². The Bertz CT molecular complexity index is 708. The van der Waals surface area contributed by atoms with Crippen LogP contribution in [0.25, 0.3) is 0 Å². The fraction of sp³-hybridized carbons (Fsp3) is 0.143. The molecule has 2 aromatic rings. The van der Waals surface area contributed by atoms with Crippen LogP contribution in [0.5, 0.6) is 0 Å². The average Bonchev–Trinajstić information content (AvgIpc) is 2.42. The zero-order chi connectivity index (χ0) is 15.6. The second-order valence-electron chi connectivity index (χ2n) is 4.48. The van der Waals surface area contributed by atoms with Crippen LogP contribution in [0.2, 0.25) is 10.0 Å². The Morgan fingerprint density at radius 2 is 1.95 bits per heavy atom. The summed E-state index contributed by atoms with van der Waals surface area (Å²) in [7, 11) is 0. The largest absolute Gasteiger partial charge is 0.381 e. The van der Waals surface area contributed by atoms with E-state index < -0.39 is 4.92 Å². The first kappa shape index (κ1) is 16.1. The minimum atomic E-state index is -0.492. The van der Waals surface area contributed by atoms with Crippen LogP contribution in [0.15, 0.2) is 34.8 Å². The van der Waals surface area contributed by atoms with Crippen LogP contribution in [0.3, 0.4) is 0 Å². The van der Waals surface area contributed by atoms with Crippen LogP contribution >= 0.6 is 39.1 Å². The van der Waals surface area contributed by atoms with Gasteiger partial charge in [-0.3, -0.25) is 10.1 Å². The lowest BCUT2D eigenvalue weighted by Crippen LogP contribution is -2.02. The zero-order valence-electron chi connectivity index (χ0n) is 11.0. The second kappa shape index (κ2) is 6.64. The normalized spacial score (nSPS) is 10.5. The summed E-state index contributed by atoms with van der Waals surface area (Å²) in [4.78, 5) is 10.3. The molecule has 1 N–H and O–H groups in total. The molecule has 0 fully saturated rings. The molecule has 110 valence electrons. The SMILES string of the molecule is Cc1cc([N+](=O)[O-])c(Cl)cc1NCc1ccc(Br)c(Cl)c1. The third kappa shape index (κ3) is 3.87. The molecule has 0 amide bonds. The number of nitro groups is 1. The average molecular weight is 390 g/mol. The van der Waals surface area contributed by atoms with Crippen molar-refractivity contribution in [3.05, 3.63) is 66.1 Å². The Morgan fingerprint density at radius 3 is 2.57 bits per heavy atom. The molecule has 0 saturated heterocycles. The van der Waals surface area contributed by atoms with Gasteiger partial charge in [-0.25, -0.2) is 0 Å². The predicted octanol–water partition coefficient (Wildman–Crippen LogP) is 5.58. The molecule has 0 spiro atoms. The molecule has 0 unspecified atom stereocenters. The van der Waals surface area contributed by atoms with Gasteiger partial charge in [-0.05, 0) is 52.2 Å². The van der Waals surface area contributed by atoms with Crippen molar-refractivity contribution in [2.45, 2.75) is 13.5 Å². The van der Waals surface area contributed by atoms with Crippen molar-refractivity contribution in [2.24, 2.45) is 0 Å². The molecule has 0 aliphatic heterocycles. The quantitative estimate of drug-likeness (QED) is 0.548. The molecular weight excluding hydrogens is 379 g/mol. The standard InChI is InChI=1S/C14H11BrCl2N2O2/c1-8-4-14(19(20)21)12(17)6-13(8)18-7-9-2-3-10(15)11(16)5-9/h2-6,18H,7H2,1H3. The predicted molar refractivity (Wildman–Crippen MR) is 89.3 cm³/mol. The number of anilines is 1. The fourth-order valence-electron chi connectivity index (χ4n) is 1.84. The molecule has 0 radical (unpaired) electrons. The van der Waals surface area contributed by atoms with Crippen LogP contribution in [0.1, 0.15) is 11.1 Å². The highest BCUT2D eigenvalue weighted by Crippen LogP contribution is 2.31. The van der Waals surface area contributed by atoms with Crippen molar-refractivity contribution in [1.29, 1.82) is 0 Å². The van der Waals surface area contributed by atoms with E-state index in [-0.39, 0.29) is 10.7 Å². The summed E-state index contributed by atoms with van der Waals surface area (Å²) in [5.74, 6) is 0. The van der Waals surface area contributed by atoms with Crippen LogP contribution < -0.4 is 5.32 Å². The third-order valence-corrected chi connectivity index (χ3v) is 4.49. The van der Waals surface area contributed by atoms with Gasteiger partial charge in [0.1, 0.15) is 5.02 Å². The maximum absolute atomic E-state index is 10.8. The third-order valence-electron chi connectivity index (χ3n) is 2.96. The molecule has 0 saturated carbocycles. The molecule has 2 aromatic carbocycles. The summed E-state index contributed by atoms with van der Waals surface area (Å²) in [6.45, 7) is 2.34. The Labute approximate surface area is 140 Å².